The highest BCUT2D eigenvalue weighted by Gasteiger charge is 2.44. The van der Waals surface area contributed by atoms with Crippen molar-refractivity contribution in [3.63, 3.8) is 0 Å². The summed E-state index contributed by atoms with van der Waals surface area (Å²) in [5, 5.41) is 6.38. The van der Waals surface area contributed by atoms with Crippen LogP contribution in [0.15, 0.2) is 30.5 Å². The molecule has 0 bridgehead atoms. The van der Waals surface area contributed by atoms with E-state index in [1.54, 1.807) is 0 Å². The second-order valence-corrected chi connectivity index (χ2v) is 10.2. The predicted octanol–water partition coefficient (Wildman–Crippen LogP) is 2.98. The molecule has 35 heavy (non-hydrogen) atoms. The topological polar surface area (TPSA) is 91.8 Å². The highest BCUT2D eigenvalue weighted by molar-refractivity contribution is 5.85. The largest absolute Gasteiger partial charge is 0.371 e. The van der Waals surface area contributed by atoms with Crippen LogP contribution in [0.4, 0.5) is 23.1 Å². The van der Waals surface area contributed by atoms with Gasteiger partial charge in [-0.2, -0.15) is 4.98 Å². The van der Waals surface area contributed by atoms with Crippen LogP contribution in [0, 0.1) is 12.3 Å². The molecule has 2 aromatic rings. The maximum absolute atomic E-state index is 12.3. The number of nitrogens with zero attached hydrogens (tertiary/aromatic N) is 4. The molecule has 2 spiro atoms. The summed E-state index contributed by atoms with van der Waals surface area (Å²) in [4.78, 5) is 26.4. The second kappa shape index (κ2) is 8.95. The van der Waals surface area contributed by atoms with Gasteiger partial charge in [-0.1, -0.05) is 0 Å². The molecule has 1 aromatic heterocycles. The first kappa shape index (κ1) is 22.5. The third kappa shape index (κ3) is 4.31. The van der Waals surface area contributed by atoms with Crippen molar-refractivity contribution < 1.29 is 14.3 Å². The molecule has 9 nitrogen and oxygen atoms in total. The second-order valence-electron chi connectivity index (χ2n) is 10.2. The molecular weight excluding hydrogens is 444 g/mol. The number of hydrogen-bond acceptors (Lipinski definition) is 8. The lowest BCUT2D eigenvalue weighted by Crippen LogP contribution is -2.45. The summed E-state index contributed by atoms with van der Waals surface area (Å²) in [5.41, 5.74) is 3.04. The summed E-state index contributed by atoms with van der Waals surface area (Å²) >= 11 is 0. The maximum Gasteiger partial charge on any atom is 0.229 e. The number of aryl methyl sites for hydroxylation is 1. The lowest BCUT2D eigenvalue weighted by Gasteiger charge is -2.38. The minimum atomic E-state index is -0.350. The Morgan fingerprint density at radius 3 is 2.29 bits per heavy atom. The fourth-order valence-electron chi connectivity index (χ4n) is 5.93. The average molecular weight is 479 g/mol. The van der Waals surface area contributed by atoms with Gasteiger partial charge in [0.25, 0.3) is 0 Å². The van der Waals surface area contributed by atoms with E-state index >= 15 is 0 Å². The Morgan fingerprint density at radius 2 is 1.63 bits per heavy atom. The number of nitrogens with one attached hydrogen (secondary N) is 2. The molecule has 9 heteroatoms. The summed E-state index contributed by atoms with van der Waals surface area (Å²) in [6.45, 7) is 7.80. The molecule has 1 aromatic carbocycles. The van der Waals surface area contributed by atoms with Gasteiger partial charge in [0, 0.05) is 68.7 Å². The molecule has 6 rings (SSSR count). The van der Waals surface area contributed by atoms with E-state index in [-0.39, 0.29) is 17.1 Å². The monoisotopic (exact) mass is 478 g/mol. The van der Waals surface area contributed by atoms with Gasteiger partial charge in [-0.25, -0.2) is 4.98 Å². The van der Waals surface area contributed by atoms with Crippen LogP contribution in [-0.2, 0) is 14.3 Å². The molecule has 4 saturated heterocycles. The molecular formula is C26H34N6O3. The van der Waals surface area contributed by atoms with Crippen molar-refractivity contribution in [2.75, 3.05) is 61.1 Å². The van der Waals surface area contributed by atoms with E-state index < -0.39 is 0 Å². The summed E-state index contributed by atoms with van der Waals surface area (Å²) < 4.78 is 11.7. The third-order valence-corrected chi connectivity index (χ3v) is 8.16. The Balaban J connectivity index is 1.09. The number of rotatable bonds is 4. The fourth-order valence-corrected chi connectivity index (χ4v) is 5.93. The number of piperidine rings is 2. The van der Waals surface area contributed by atoms with Gasteiger partial charge in [0.15, 0.2) is 5.79 Å². The molecule has 0 aliphatic carbocycles. The van der Waals surface area contributed by atoms with E-state index in [9.17, 15) is 4.79 Å². The first-order chi connectivity index (χ1) is 17.0. The molecule has 4 aliphatic rings. The molecule has 0 saturated carbocycles. The Kier molecular flexibility index (Phi) is 5.76. The Labute approximate surface area is 206 Å². The molecule has 186 valence electrons. The standard InChI is InChI=1S/C26H34N6O3/c1-19-18-28-24(30-22(19)32-12-7-25(8-13-32)6-11-27-23(25)33)29-20-2-4-21(5-3-20)31-14-9-26(10-15-31)34-16-17-35-26/h2-5,18H,6-17H2,1H3,(H,27,33)(H,28,29,30). The van der Waals surface area contributed by atoms with Crippen molar-refractivity contribution in [1.29, 1.82) is 0 Å². The molecule has 2 N–H and O–H groups in total. The fraction of sp³-hybridized carbons (Fsp3) is 0.577. The molecule has 0 radical (unpaired) electrons. The van der Waals surface area contributed by atoms with E-state index in [1.165, 1.54) is 5.69 Å². The zero-order valence-corrected chi connectivity index (χ0v) is 20.4. The molecule has 0 atom stereocenters. The van der Waals surface area contributed by atoms with Crippen molar-refractivity contribution in [1.82, 2.24) is 15.3 Å². The number of carbonyl (C=O) groups excluding carboxylic acids is 1. The van der Waals surface area contributed by atoms with Gasteiger partial charge in [-0.3, -0.25) is 4.79 Å². The predicted molar refractivity (Wildman–Crippen MR) is 134 cm³/mol. The van der Waals surface area contributed by atoms with Crippen LogP contribution in [0.1, 0.15) is 37.7 Å². The van der Waals surface area contributed by atoms with Crippen molar-refractivity contribution in [3.05, 3.63) is 36.0 Å². The van der Waals surface area contributed by atoms with Crippen LogP contribution in [0.25, 0.3) is 0 Å². The van der Waals surface area contributed by atoms with E-state index in [1.807, 2.05) is 13.1 Å². The minimum Gasteiger partial charge on any atom is -0.371 e. The average Bonchev–Trinajstić information content (AvgIpc) is 3.49. The van der Waals surface area contributed by atoms with Gasteiger partial charge in [-0.15, -0.1) is 0 Å². The maximum atomic E-state index is 12.3. The van der Waals surface area contributed by atoms with Crippen molar-refractivity contribution >= 4 is 29.0 Å². The quantitative estimate of drug-likeness (QED) is 0.693. The number of ether oxygens (including phenoxy) is 2. The zero-order chi connectivity index (χ0) is 23.9. The Bertz CT molecular complexity index is 1070. The number of benzene rings is 1. The first-order valence-electron chi connectivity index (χ1n) is 12.8. The molecule has 4 aliphatic heterocycles. The van der Waals surface area contributed by atoms with Crippen molar-refractivity contribution in [2.24, 2.45) is 5.41 Å². The number of aromatic nitrogens is 2. The van der Waals surface area contributed by atoms with Crippen LogP contribution in [0.3, 0.4) is 0 Å². The van der Waals surface area contributed by atoms with E-state index in [0.717, 1.165) is 81.9 Å². The summed E-state index contributed by atoms with van der Waals surface area (Å²) in [7, 11) is 0. The highest BCUT2D eigenvalue weighted by atomic mass is 16.7. The smallest absolute Gasteiger partial charge is 0.229 e. The lowest BCUT2D eigenvalue weighted by atomic mass is 9.77. The van der Waals surface area contributed by atoms with Gasteiger partial charge in [0.1, 0.15) is 5.82 Å². The first-order valence-corrected chi connectivity index (χ1v) is 12.8. The van der Waals surface area contributed by atoms with E-state index in [4.69, 9.17) is 14.5 Å². The van der Waals surface area contributed by atoms with Gasteiger partial charge in [0.2, 0.25) is 11.9 Å². The number of hydrogen-bond donors (Lipinski definition) is 2. The third-order valence-electron chi connectivity index (χ3n) is 8.16. The number of anilines is 4. The van der Waals surface area contributed by atoms with Crippen LogP contribution in [0.2, 0.25) is 0 Å². The van der Waals surface area contributed by atoms with Crippen LogP contribution in [0.5, 0.6) is 0 Å². The Morgan fingerprint density at radius 1 is 0.943 bits per heavy atom. The summed E-state index contributed by atoms with van der Waals surface area (Å²) in [6, 6.07) is 8.44. The van der Waals surface area contributed by atoms with Gasteiger partial charge in [0.05, 0.1) is 18.6 Å². The zero-order valence-electron chi connectivity index (χ0n) is 20.4. The van der Waals surface area contributed by atoms with Crippen LogP contribution in [-0.4, -0.2) is 67.6 Å². The molecule has 0 unspecified atom stereocenters. The van der Waals surface area contributed by atoms with Gasteiger partial charge < -0.3 is 29.9 Å². The number of amides is 1. The SMILES string of the molecule is Cc1cnc(Nc2ccc(N3CCC4(CC3)OCCO4)cc2)nc1N1CCC2(CCNC2=O)CC1. The van der Waals surface area contributed by atoms with Crippen LogP contribution < -0.4 is 20.4 Å². The van der Waals surface area contributed by atoms with E-state index in [2.05, 4.69) is 49.7 Å². The Hall–Kier alpha value is -2.91. The summed E-state index contributed by atoms with van der Waals surface area (Å²) in [6.07, 6.45) is 6.38. The van der Waals surface area contributed by atoms with Crippen molar-refractivity contribution in [2.45, 2.75) is 44.8 Å². The van der Waals surface area contributed by atoms with Crippen LogP contribution >= 0.6 is 0 Å². The van der Waals surface area contributed by atoms with E-state index in [0.29, 0.717) is 19.2 Å². The number of carbonyl (C=O) groups is 1. The molecule has 5 heterocycles. The van der Waals surface area contributed by atoms with Gasteiger partial charge in [-0.05, 0) is 50.5 Å². The summed E-state index contributed by atoms with van der Waals surface area (Å²) in [5.74, 6) is 1.42. The van der Waals surface area contributed by atoms with Gasteiger partial charge >= 0.3 is 0 Å². The minimum absolute atomic E-state index is 0.174. The molecule has 1 amide bonds. The normalized spacial score (nSPS) is 23.2. The van der Waals surface area contributed by atoms with Crippen molar-refractivity contribution in [3.8, 4) is 0 Å². The lowest BCUT2D eigenvalue weighted by molar-refractivity contribution is -0.169. The molecule has 4 fully saturated rings. The highest BCUT2D eigenvalue weighted by Crippen LogP contribution is 2.39.